The Labute approximate surface area is 155 Å². The van der Waals surface area contributed by atoms with Gasteiger partial charge in [0.25, 0.3) is 0 Å². The summed E-state index contributed by atoms with van der Waals surface area (Å²) in [6.45, 7) is 5.52. The van der Waals surface area contributed by atoms with E-state index in [4.69, 9.17) is 0 Å². The summed E-state index contributed by atoms with van der Waals surface area (Å²) in [5, 5.41) is 10.00. The van der Waals surface area contributed by atoms with Crippen molar-refractivity contribution < 1.29 is 9.90 Å². The van der Waals surface area contributed by atoms with Crippen LogP contribution in [0.3, 0.4) is 0 Å². The number of thioether (sulfide) groups is 1. The van der Waals surface area contributed by atoms with Gasteiger partial charge in [0.1, 0.15) is 10.7 Å². The van der Waals surface area contributed by atoms with E-state index in [1.165, 1.54) is 28.7 Å². The molecule has 0 saturated carbocycles. The Kier molecular flexibility index (Phi) is 5.36. The number of carbonyl (C=O) groups excluding carboxylic acids is 1. The number of benzene rings is 2. The summed E-state index contributed by atoms with van der Waals surface area (Å²) in [6.07, 6.45) is 0.812. The number of hydrogen-bond acceptors (Lipinski definition) is 5. The average molecular weight is 367 g/mol. The minimum absolute atomic E-state index is 0.160. The van der Waals surface area contributed by atoms with E-state index in [2.05, 4.69) is 11.6 Å². The molecule has 0 radical (unpaired) electrons. The Bertz CT molecular complexity index is 896. The summed E-state index contributed by atoms with van der Waals surface area (Å²) in [5.74, 6) is 0.635. The second-order valence-corrected chi connectivity index (χ2v) is 7.64. The van der Waals surface area contributed by atoms with Crippen molar-refractivity contribution in [3.05, 3.63) is 72.1 Å². The molecule has 0 amide bonds. The first-order valence-corrected chi connectivity index (χ1v) is 9.50. The highest BCUT2D eigenvalue weighted by Gasteiger charge is 2.14. The summed E-state index contributed by atoms with van der Waals surface area (Å²) < 4.78 is 0. The van der Waals surface area contributed by atoms with Crippen LogP contribution in [0.25, 0.3) is 21.0 Å². The first-order valence-electron chi connectivity index (χ1n) is 7.70. The maximum absolute atomic E-state index is 11.4. The quantitative estimate of drug-likeness (QED) is 0.342. The maximum atomic E-state index is 11.4. The van der Waals surface area contributed by atoms with E-state index in [-0.39, 0.29) is 5.76 Å². The van der Waals surface area contributed by atoms with E-state index in [1.54, 1.807) is 0 Å². The molecule has 3 rings (SSSR count). The van der Waals surface area contributed by atoms with Crippen LogP contribution in [0.15, 0.2) is 65.8 Å². The number of hydrogen-bond donors (Lipinski definition) is 1. The van der Waals surface area contributed by atoms with Crippen LogP contribution >= 0.6 is 23.1 Å². The highest BCUT2D eigenvalue weighted by Crippen LogP contribution is 2.35. The minimum Gasteiger partial charge on any atom is -0.512 e. The molecule has 0 spiro atoms. The number of carbonyl (C=O) groups is 1. The molecular formula is C20H17NO2S2. The van der Waals surface area contributed by atoms with Gasteiger partial charge in [0.2, 0.25) is 0 Å². The third kappa shape index (κ3) is 4.18. The van der Waals surface area contributed by atoms with Gasteiger partial charge in [0, 0.05) is 10.5 Å². The molecule has 3 aromatic rings. The average Bonchev–Trinajstić information content (AvgIpc) is 3.05. The van der Waals surface area contributed by atoms with Crippen LogP contribution in [-0.4, -0.2) is 22.1 Å². The van der Waals surface area contributed by atoms with Crippen molar-refractivity contribution in [2.75, 3.05) is 5.75 Å². The van der Waals surface area contributed by atoms with Crippen molar-refractivity contribution in [1.82, 2.24) is 4.98 Å². The lowest BCUT2D eigenvalue weighted by Gasteiger charge is -2.01. The molecule has 0 aliphatic carbocycles. The zero-order valence-corrected chi connectivity index (χ0v) is 15.4. The maximum Gasteiger partial charge on any atom is 0.169 e. The number of aryl methyl sites for hydroxylation is 1. The molecule has 0 aliphatic rings. The van der Waals surface area contributed by atoms with Gasteiger partial charge in [0.15, 0.2) is 6.29 Å². The van der Waals surface area contributed by atoms with Gasteiger partial charge in [-0.3, -0.25) is 4.79 Å². The summed E-state index contributed by atoms with van der Waals surface area (Å²) in [6, 6.07) is 16.0. The van der Waals surface area contributed by atoms with Gasteiger partial charge >= 0.3 is 0 Å². The van der Waals surface area contributed by atoms with Crippen LogP contribution < -0.4 is 0 Å². The Balaban J connectivity index is 1.89. The molecule has 0 saturated heterocycles. The van der Waals surface area contributed by atoms with Gasteiger partial charge in [-0.05, 0) is 24.6 Å². The smallest absolute Gasteiger partial charge is 0.169 e. The fourth-order valence-corrected chi connectivity index (χ4v) is 4.01. The Morgan fingerprint density at radius 3 is 2.40 bits per heavy atom. The summed E-state index contributed by atoms with van der Waals surface area (Å²) >= 11 is 3.04. The number of aliphatic hydroxyl groups excluding tert-OH is 1. The standard InChI is InChI=1S/C20H17NO2S2/c1-13-3-5-15(6-4-13)19-18(11-22)21-20(25-19)16-7-9-17(10-8-16)24-12-14(2)23/h3-11,23H,2,12H2,1H3. The van der Waals surface area contributed by atoms with Gasteiger partial charge in [-0.15, -0.1) is 23.1 Å². The SMILES string of the molecule is C=C(O)CSc1ccc(-c2nc(C=O)c(-c3ccc(C)cc3)s2)cc1. The Morgan fingerprint density at radius 2 is 1.80 bits per heavy atom. The molecule has 5 heteroatoms. The topological polar surface area (TPSA) is 50.2 Å². The lowest BCUT2D eigenvalue weighted by Crippen LogP contribution is -1.85. The van der Waals surface area contributed by atoms with Gasteiger partial charge < -0.3 is 5.11 Å². The number of aliphatic hydroxyl groups is 1. The Hall–Kier alpha value is -2.37. The summed E-state index contributed by atoms with van der Waals surface area (Å²) in [7, 11) is 0. The fourth-order valence-electron chi connectivity index (χ4n) is 2.31. The second kappa shape index (κ2) is 7.68. The second-order valence-electron chi connectivity index (χ2n) is 5.60. The molecule has 1 aromatic heterocycles. The van der Waals surface area contributed by atoms with E-state index >= 15 is 0 Å². The molecule has 0 atom stereocenters. The van der Waals surface area contributed by atoms with Crippen molar-refractivity contribution in [2.45, 2.75) is 11.8 Å². The van der Waals surface area contributed by atoms with Crippen molar-refractivity contribution in [3.8, 4) is 21.0 Å². The predicted octanol–water partition coefficient (Wildman–Crippen LogP) is 5.76. The molecule has 1 heterocycles. The molecule has 25 heavy (non-hydrogen) atoms. The van der Waals surface area contributed by atoms with Gasteiger partial charge in [0.05, 0.1) is 16.4 Å². The van der Waals surface area contributed by atoms with Crippen LogP contribution in [0.2, 0.25) is 0 Å². The van der Waals surface area contributed by atoms with E-state index < -0.39 is 0 Å². The molecule has 0 aliphatic heterocycles. The van der Waals surface area contributed by atoms with E-state index in [0.29, 0.717) is 11.4 Å². The monoisotopic (exact) mass is 367 g/mol. The summed E-state index contributed by atoms with van der Waals surface area (Å²) in [4.78, 5) is 17.9. The third-order valence-electron chi connectivity index (χ3n) is 3.59. The van der Waals surface area contributed by atoms with Crippen LogP contribution in [0.1, 0.15) is 16.1 Å². The van der Waals surface area contributed by atoms with Gasteiger partial charge in [-0.2, -0.15) is 0 Å². The molecule has 0 unspecified atom stereocenters. The number of aldehydes is 1. The molecule has 3 nitrogen and oxygen atoms in total. The van der Waals surface area contributed by atoms with E-state index in [0.717, 1.165) is 32.2 Å². The minimum atomic E-state index is 0.160. The summed E-state index contributed by atoms with van der Waals surface area (Å²) in [5.41, 5.74) is 3.63. The largest absolute Gasteiger partial charge is 0.512 e. The number of rotatable bonds is 6. The molecule has 126 valence electrons. The van der Waals surface area contributed by atoms with Gasteiger partial charge in [-0.1, -0.05) is 48.5 Å². The number of thiazole rings is 1. The normalized spacial score (nSPS) is 10.6. The molecule has 0 bridgehead atoms. The Morgan fingerprint density at radius 1 is 1.16 bits per heavy atom. The van der Waals surface area contributed by atoms with Crippen molar-refractivity contribution in [2.24, 2.45) is 0 Å². The van der Waals surface area contributed by atoms with Crippen molar-refractivity contribution in [3.63, 3.8) is 0 Å². The highest BCUT2D eigenvalue weighted by atomic mass is 32.2. The molecule has 2 aromatic carbocycles. The fraction of sp³-hybridized carbons (Fsp3) is 0.100. The van der Waals surface area contributed by atoms with Crippen LogP contribution in [0.5, 0.6) is 0 Å². The van der Waals surface area contributed by atoms with Crippen molar-refractivity contribution >= 4 is 29.4 Å². The first kappa shape index (κ1) is 17.5. The third-order valence-corrected chi connectivity index (χ3v) is 5.84. The highest BCUT2D eigenvalue weighted by molar-refractivity contribution is 7.99. The lowest BCUT2D eigenvalue weighted by atomic mass is 10.1. The van der Waals surface area contributed by atoms with Crippen LogP contribution in [0, 0.1) is 6.92 Å². The van der Waals surface area contributed by atoms with Crippen LogP contribution in [0.4, 0.5) is 0 Å². The molecule has 0 fully saturated rings. The number of aromatic nitrogens is 1. The zero-order chi connectivity index (χ0) is 17.8. The zero-order valence-electron chi connectivity index (χ0n) is 13.7. The van der Waals surface area contributed by atoms with E-state index in [9.17, 15) is 9.90 Å². The molecular weight excluding hydrogens is 350 g/mol. The first-order chi connectivity index (χ1) is 12.1. The van der Waals surface area contributed by atoms with Gasteiger partial charge in [-0.25, -0.2) is 4.98 Å². The van der Waals surface area contributed by atoms with Crippen molar-refractivity contribution in [1.29, 1.82) is 0 Å². The lowest BCUT2D eigenvalue weighted by molar-refractivity contribution is 0.112. The molecule has 1 N–H and O–H groups in total. The number of nitrogens with zero attached hydrogens (tertiary/aromatic N) is 1. The van der Waals surface area contributed by atoms with E-state index in [1.807, 2.05) is 55.5 Å². The van der Waals surface area contributed by atoms with Crippen LogP contribution in [-0.2, 0) is 0 Å². The predicted molar refractivity (Wildman–Crippen MR) is 106 cm³/mol.